The van der Waals surface area contributed by atoms with E-state index in [1.54, 1.807) is 32.6 Å². The molecule has 0 aromatic carbocycles. The molecule has 1 aromatic heterocycles. The third-order valence-corrected chi connectivity index (χ3v) is 2.08. The van der Waals surface area contributed by atoms with E-state index in [-0.39, 0.29) is 5.91 Å². The van der Waals surface area contributed by atoms with E-state index in [9.17, 15) is 4.79 Å². The van der Waals surface area contributed by atoms with E-state index in [1.807, 2.05) is 6.07 Å². The molecule has 1 amide bonds. The number of carbonyl (C=O) groups excluding carboxylic acids is 1. The number of aromatic nitrogens is 1. The van der Waals surface area contributed by atoms with Crippen molar-refractivity contribution in [1.82, 2.24) is 14.9 Å². The molecular formula is C12H17N5O. The fourth-order valence-corrected chi connectivity index (χ4v) is 1.05. The number of hydrogen-bond acceptors (Lipinski definition) is 5. The van der Waals surface area contributed by atoms with Crippen LogP contribution < -0.4 is 11.2 Å². The smallest absolute Gasteiger partial charge is 0.247 e. The van der Waals surface area contributed by atoms with Crippen molar-refractivity contribution in [2.75, 3.05) is 19.4 Å². The van der Waals surface area contributed by atoms with Gasteiger partial charge in [0.25, 0.3) is 0 Å². The Morgan fingerprint density at radius 1 is 1.56 bits per heavy atom. The predicted molar refractivity (Wildman–Crippen MR) is 70.9 cm³/mol. The first-order chi connectivity index (χ1) is 8.50. The van der Waals surface area contributed by atoms with Gasteiger partial charge in [0.2, 0.25) is 5.91 Å². The fourth-order valence-electron chi connectivity index (χ4n) is 1.05. The zero-order valence-electron chi connectivity index (χ0n) is 10.5. The van der Waals surface area contributed by atoms with Crippen molar-refractivity contribution >= 4 is 11.6 Å². The first-order valence-corrected chi connectivity index (χ1v) is 5.30. The van der Waals surface area contributed by atoms with Gasteiger partial charge in [-0.05, 0) is 12.1 Å². The summed E-state index contributed by atoms with van der Waals surface area (Å²) in [6.07, 6.45) is 6.11. The highest BCUT2D eigenvalue weighted by atomic mass is 16.2. The minimum atomic E-state index is -0.153. The lowest BCUT2D eigenvalue weighted by atomic mass is 10.4. The molecule has 0 spiro atoms. The van der Waals surface area contributed by atoms with E-state index in [1.165, 1.54) is 22.2 Å². The number of hydrogen-bond donors (Lipinski definition) is 2. The Labute approximate surface area is 106 Å². The molecule has 0 radical (unpaired) electrons. The normalized spacial score (nSPS) is 10.2. The van der Waals surface area contributed by atoms with E-state index >= 15 is 0 Å². The van der Waals surface area contributed by atoms with Crippen LogP contribution in [-0.2, 0) is 4.79 Å². The van der Waals surface area contributed by atoms with Gasteiger partial charge in [-0.3, -0.25) is 14.8 Å². The zero-order chi connectivity index (χ0) is 13.5. The third-order valence-electron chi connectivity index (χ3n) is 2.08. The quantitative estimate of drug-likeness (QED) is 0.456. The van der Waals surface area contributed by atoms with Crippen LogP contribution >= 0.6 is 0 Å². The van der Waals surface area contributed by atoms with Gasteiger partial charge in [-0.1, -0.05) is 6.58 Å². The highest BCUT2D eigenvalue weighted by Gasteiger charge is 2.02. The van der Waals surface area contributed by atoms with Crippen LogP contribution in [0.25, 0.3) is 0 Å². The fraction of sp³-hybridized carbons (Fsp3) is 0.167. The van der Waals surface area contributed by atoms with Crippen LogP contribution in [0.3, 0.4) is 0 Å². The van der Waals surface area contributed by atoms with Crippen LogP contribution in [-0.4, -0.2) is 34.9 Å². The van der Waals surface area contributed by atoms with Crippen molar-refractivity contribution in [3.8, 4) is 0 Å². The molecule has 0 aliphatic heterocycles. The van der Waals surface area contributed by atoms with Crippen molar-refractivity contribution in [2.24, 2.45) is 5.84 Å². The molecule has 6 nitrogen and oxygen atoms in total. The largest absolute Gasteiger partial charge is 0.345 e. The second-order valence-electron chi connectivity index (χ2n) is 3.77. The molecule has 0 aliphatic rings. The lowest BCUT2D eigenvalue weighted by Crippen LogP contribution is -2.29. The van der Waals surface area contributed by atoms with E-state index < -0.39 is 0 Å². The molecule has 1 heterocycles. The second-order valence-corrected chi connectivity index (χ2v) is 3.77. The number of amides is 1. The Kier molecular flexibility index (Phi) is 4.89. The second kappa shape index (κ2) is 6.41. The molecule has 0 unspecified atom stereocenters. The number of nitrogens with two attached hydrogens (primary N) is 1. The number of pyridine rings is 1. The maximum Gasteiger partial charge on any atom is 0.247 e. The molecule has 96 valence electrons. The van der Waals surface area contributed by atoms with E-state index in [2.05, 4.69) is 16.9 Å². The SMILES string of the molecule is C=C(Nc1cccnc1)N(N)/C=C/C(=O)N(C)C. The Morgan fingerprint density at radius 3 is 2.83 bits per heavy atom. The topological polar surface area (TPSA) is 74.5 Å². The lowest BCUT2D eigenvalue weighted by Gasteiger charge is -2.18. The minimum Gasteiger partial charge on any atom is -0.345 e. The number of nitrogens with zero attached hydrogens (tertiary/aromatic N) is 3. The number of hydrazine groups is 1. The molecule has 18 heavy (non-hydrogen) atoms. The Hall–Kier alpha value is -2.34. The molecule has 1 aromatic rings. The summed E-state index contributed by atoms with van der Waals surface area (Å²) >= 11 is 0. The third kappa shape index (κ3) is 4.26. The summed E-state index contributed by atoms with van der Waals surface area (Å²) in [5.41, 5.74) is 0.769. The summed E-state index contributed by atoms with van der Waals surface area (Å²) in [4.78, 5) is 16.7. The number of anilines is 1. The number of nitrogens with one attached hydrogen (secondary N) is 1. The summed E-state index contributed by atoms with van der Waals surface area (Å²) in [6, 6.07) is 3.63. The standard InChI is InChI=1S/C12H17N5O/c1-10(15-11-5-4-7-14-9-11)17(13)8-6-12(18)16(2)3/h4-9,15H,1,13H2,2-3H3/b8-6+. The summed E-state index contributed by atoms with van der Waals surface area (Å²) in [5.74, 6) is 5.99. The molecule has 0 aliphatic carbocycles. The molecule has 0 saturated carbocycles. The van der Waals surface area contributed by atoms with Crippen LogP contribution in [0, 0.1) is 0 Å². The number of rotatable bonds is 5. The van der Waals surface area contributed by atoms with Gasteiger partial charge in [-0.25, -0.2) is 5.84 Å². The van der Waals surface area contributed by atoms with Crippen molar-refractivity contribution in [1.29, 1.82) is 0 Å². The molecule has 0 atom stereocenters. The monoisotopic (exact) mass is 247 g/mol. The maximum atomic E-state index is 11.3. The summed E-state index contributed by atoms with van der Waals surface area (Å²) in [6.45, 7) is 3.76. The van der Waals surface area contributed by atoms with E-state index in [0.717, 1.165) is 5.69 Å². The molecule has 0 bridgehead atoms. The van der Waals surface area contributed by atoms with Crippen molar-refractivity contribution in [2.45, 2.75) is 0 Å². The van der Waals surface area contributed by atoms with Gasteiger partial charge in [0, 0.05) is 32.6 Å². The zero-order valence-corrected chi connectivity index (χ0v) is 10.5. The Bertz CT molecular complexity index is 441. The lowest BCUT2D eigenvalue weighted by molar-refractivity contribution is -0.123. The van der Waals surface area contributed by atoms with Crippen LogP contribution in [0.5, 0.6) is 0 Å². The predicted octanol–water partition coefficient (Wildman–Crippen LogP) is 0.742. The molecular weight excluding hydrogens is 230 g/mol. The molecule has 0 fully saturated rings. The Morgan fingerprint density at radius 2 is 2.28 bits per heavy atom. The summed E-state index contributed by atoms with van der Waals surface area (Å²) in [5, 5.41) is 4.19. The van der Waals surface area contributed by atoms with Gasteiger partial charge in [0.15, 0.2) is 0 Å². The van der Waals surface area contributed by atoms with Gasteiger partial charge >= 0.3 is 0 Å². The molecule has 1 rings (SSSR count). The summed E-state index contributed by atoms with van der Waals surface area (Å²) < 4.78 is 0. The number of likely N-dealkylation sites (N-methyl/N-ethyl adjacent to an activating group) is 1. The average Bonchev–Trinajstić information content (AvgIpc) is 2.36. The highest BCUT2D eigenvalue weighted by molar-refractivity contribution is 5.87. The van der Waals surface area contributed by atoms with E-state index in [0.29, 0.717) is 5.82 Å². The average molecular weight is 247 g/mol. The van der Waals surface area contributed by atoms with Crippen LogP contribution in [0.4, 0.5) is 5.69 Å². The first-order valence-electron chi connectivity index (χ1n) is 5.30. The van der Waals surface area contributed by atoms with Gasteiger partial charge in [-0.15, -0.1) is 0 Å². The van der Waals surface area contributed by atoms with E-state index in [4.69, 9.17) is 5.84 Å². The molecule has 0 saturated heterocycles. The summed E-state index contributed by atoms with van der Waals surface area (Å²) in [7, 11) is 3.33. The Balaban J connectivity index is 2.55. The first kappa shape index (κ1) is 13.7. The van der Waals surface area contributed by atoms with Crippen molar-refractivity contribution in [3.05, 3.63) is 49.2 Å². The molecule has 3 N–H and O–H groups in total. The van der Waals surface area contributed by atoms with Gasteiger partial charge in [0.05, 0.1) is 11.9 Å². The van der Waals surface area contributed by atoms with Crippen LogP contribution in [0.15, 0.2) is 49.2 Å². The van der Waals surface area contributed by atoms with Crippen molar-refractivity contribution < 1.29 is 4.79 Å². The minimum absolute atomic E-state index is 0.153. The number of carbonyl (C=O) groups is 1. The van der Waals surface area contributed by atoms with Gasteiger partial charge in [-0.2, -0.15) is 0 Å². The van der Waals surface area contributed by atoms with Gasteiger partial charge < -0.3 is 10.2 Å². The van der Waals surface area contributed by atoms with Crippen molar-refractivity contribution in [3.63, 3.8) is 0 Å². The highest BCUT2D eigenvalue weighted by Crippen LogP contribution is 2.07. The maximum absolute atomic E-state index is 11.3. The van der Waals surface area contributed by atoms with Gasteiger partial charge in [0.1, 0.15) is 5.82 Å². The van der Waals surface area contributed by atoms with Crippen LogP contribution in [0.1, 0.15) is 0 Å². The molecule has 6 heteroatoms. The van der Waals surface area contributed by atoms with Crippen LogP contribution in [0.2, 0.25) is 0 Å².